The minimum absolute atomic E-state index is 0.156. The van der Waals surface area contributed by atoms with Gasteiger partial charge in [-0.25, -0.2) is 14.4 Å². The molecule has 36 heavy (non-hydrogen) atoms. The van der Waals surface area contributed by atoms with E-state index in [0.29, 0.717) is 35.0 Å². The van der Waals surface area contributed by atoms with Gasteiger partial charge in [-0.1, -0.05) is 65.8 Å². The van der Waals surface area contributed by atoms with Gasteiger partial charge >= 0.3 is 0 Å². The maximum atomic E-state index is 13.6. The lowest BCUT2D eigenvalue weighted by Crippen LogP contribution is -2.14. The van der Waals surface area contributed by atoms with Crippen LogP contribution in [-0.2, 0) is 17.8 Å². The summed E-state index contributed by atoms with van der Waals surface area (Å²) in [5.41, 5.74) is 3.97. The maximum Gasteiger partial charge on any atom is 0.241 e. The molecule has 7 nitrogen and oxygen atoms in total. The van der Waals surface area contributed by atoms with E-state index in [1.54, 1.807) is 24.4 Å². The number of hydrogen-bond acceptors (Lipinski definition) is 6. The molecule has 0 aliphatic rings. The first-order chi connectivity index (χ1) is 17.7. The van der Waals surface area contributed by atoms with Crippen molar-refractivity contribution in [2.45, 2.75) is 13.0 Å². The van der Waals surface area contributed by atoms with E-state index in [1.165, 1.54) is 12.1 Å². The van der Waals surface area contributed by atoms with Crippen LogP contribution in [0.25, 0.3) is 22.5 Å². The van der Waals surface area contributed by atoms with Crippen molar-refractivity contribution in [2.75, 3.05) is 10.6 Å². The number of carbonyl (C=O) groups is 1. The second-order valence-electron chi connectivity index (χ2n) is 8.06. The zero-order chi connectivity index (χ0) is 24.7. The molecule has 5 rings (SSSR count). The molecular weight excluding hydrogens is 457 g/mol. The molecule has 0 aliphatic carbocycles. The highest BCUT2D eigenvalue weighted by Gasteiger charge is 2.23. The van der Waals surface area contributed by atoms with Crippen LogP contribution in [0, 0.1) is 5.82 Å². The molecule has 0 radical (unpaired) electrons. The lowest BCUT2D eigenvalue weighted by Gasteiger charge is -2.09. The van der Waals surface area contributed by atoms with E-state index in [4.69, 9.17) is 4.52 Å². The number of anilines is 2. The molecular formula is C28H22FN5O2. The predicted molar refractivity (Wildman–Crippen MR) is 135 cm³/mol. The summed E-state index contributed by atoms with van der Waals surface area (Å²) in [7, 11) is 0. The zero-order valence-electron chi connectivity index (χ0n) is 19.2. The van der Waals surface area contributed by atoms with Crippen molar-refractivity contribution in [3.8, 4) is 22.5 Å². The maximum absolute atomic E-state index is 13.6. The van der Waals surface area contributed by atoms with Crippen molar-refractivity contribution >= 4 is 17.7 Å². The van der Waals surface area contributed by atoms with E-state index in [0.717, 1.165) is 11.1 Å². The fraction of sp³-hybridized carbons (Fsp3) is 0.0714. The number of carbonyl (C=O) groups excluding carboxylic acids is 1. The first-order valence-corrected chi connectivity index (χ1v) is 11.4. The van der Waals surface area contributed by atoms with E-state index < -0.39 is 0 Å². The molecule has 0 bridgehead atoms. The molecule has 0 atom stereocenters. The number of benzene rings is 3. The molecule has 1 amide bonds. The summed E-state index contributed by atoms with van der Waals surface area (Å²) in [6, 6.07) is 26.9. The van der Waals surface area contributed by atoms with Gasteiger partial charge < -0.3 is 9.84 Å². The SMILES string of the molecule is O=C(Cc1ccccc1)Nc1onc(-c2ccc(F)cc2)c1-c1ccnc(NCc2ccccc2)n1. The van der Waals surface area contributed by atoms with Crippen LogP contribution in [0.1, 0.15) is 11.1 Å². The van der Waals surface area contributed by atoms with Crippen molar-refractivity contribution in [1.29, 1.82) is 0 Å². The van der Waals surface area contributed by atoms with Gasteiger partial charge in [0.1, 0.15) is 11.5 Å². The Morgan fingerprint density at radius 1 is 0.861 bits per heavy atom. The molecule has 5 aromatic rings. The molecule has 8 heteroatoms. The van der Waals surface area contributed by atoms with Crippen molar-refractivity contribution < 1.29 is 13.7 Å². The standard InChI is InChI=1S/C28H22FN5O2/c29-22-13-11-21(12-14-22)26-25(27(36-34-26)33-24(35)17-19-7-3-1-4-8-19)23-15-16-30-28(32-23)31-18-20-9-5-2-6-10-20/h1-16H,17-18H2,(H,33,35)(H,30,31,32). The monoisotopic (exact) mass is 479 g/mol. The molecule has 0 saturated carbocycles. The molecule has 178 valence electrons. The molecule has 2 heterocycles. The molecule has 0 aliphatic heterocycles. The first-order valence-electron chi connectivity index (χ1n) is 11.4. The van der Waals surface area contributed by atoms with Crippen LogP contribution in [0.15, 0.2) is 102 Å². The number of halogens is 1. The third-order valence-corrected chi connectivity index (χ3v) is 5.48. The number of aromatic nitrogens is 3. The molecule has 0 fully saturated rings. The van der Waals surface area contributed by atoms with Crippen LogP contribution in [0.5, 0.6) is 0 Å². The summed E-state index contributed by atoms with van der Waals surface area (Å²) in [5.74, 6) is -0.0671. The smallest absolute Gasteiger partial charge is 0.241 e. The summed E-state index contributed by atoms with van der Waals surface area (Å²) < 4.78 is 19.1. The molecule has 0 unspecified atom stereocenters. The quantitative estimate of drug-likeness (QED) is 0.295. The Hall–Kier alpha value is -4.85. The van der Waals surface area contributed by atoms with Gasteiger partial charge in [-0.15, -0.1) is 0 Å². The predicted octanol–water partition coefficient (Wildman–Crippen LogP) is 5.73. The Labute approximate surface area is 207 Å². The molecule has 2 N–H and O–H groups in total. The van der Waals surface area contributed by atoms with Gasteiger partial charge in [0.05, 0.1) is 17.7 Å². The average Bonchev–Trinajstić information content (AvgIpc) is 3.32. The highest BCUT2D eigenvalue weighted by Crippen LogP contribution is 2.37. The number of amides is 1. The minimum atomic E-state index is -0.366. The van der Waals surface area contributed by atoms with Gasteiger partial charge in [0.15, 0.2) is 0 Å². The van der Waals surface area contributed by atoms with Crippen LogP contribution >= 0.6 is 0 Å². The largest absolute Gasteiger partial charge is 0.350 e. The van der Waals surface area contributed by atoms with Crippen LogP contribution < -0.4 is 10.6 Å². The Morgan fingerprint density at radius 3 is 2.28 bits per heavy atom. The normalized spacial score (nSPS) is 10.7. The van der Waals surface area contributed by atoms with E-state index in [2.05, 4.69) is 25.8 Å². The summed E-state index contributed by atoms with van der Waals surface area (Å²) in [4.78, 5) is 21.7. The van der Waals surface area contributed by atoms with Gasteiger partial charge in [-0.05, 0) is 41.5 Å². The van der Waals surface area contributed by atoms with Gasteiger partial charge in [0.25, 0.3) is 0 Å². The average molecular weight is 480 g/mol. The number of rotatable bonds is 8. The minimum Gasteiger partial charge on any atom is -0.350 e. The van der Waals surface area contributed by atoms with Gasteiger partial charge in [-0.3, -0.25) is 10.1 Å². The second-order valence-corrected chi connectivity index (χ2v) is 8.06. The molecule has 2 aromatic heterocycles. The van der Waals surface area contributed by atoms with E-state index >= 15 is 0 Å². The second kappa shape index (κ2) is 10.6. The lowest BCUT2D eigenvalue weighted by molar-refractivity contribution is -0.115. The topological polar surface area (TPSA) is 92.9 Å². The van der Waals surface area contributed by atoms with Crippen molar-refractivity contribution in [3.05, 3.63) is 114 Å². The fourth-order valence-corrected chi connectivity index (χ4v) is 3.73. The van der Waals surface area contributed by atoms with Crippen LogP contribution in [0.2, 0.25) is 0 Å². The van der Waals surface area contributed by atoms with E-state index in [1.807, 2.05) is 60.7 Å². The van der Waals surface area contributed by atoms with Crippen LogP contribution in [-0.4, -0.2) is 21.0 Å². The molecule has 0 spiro atoms. The Kier molecular flexibility index (Phi) is 6.75. The number of hydrogen-bond donors (Lipinski definition) is 2. The first kappa shape index (κ1) is 22.9. The van der Waals surface area contributed by atoms with Crippen molar-refractivity contribution in [2.24, 2.45) is 0 Å². The van der Waals surface area contributed by atoms with Gasteiger partial charge in [0, 0.05) is 18.3 Å². The molecule has 3 aromatic carbocycles. The van der Waals surface area contributed by atoms with Crippen molar-refractivity contribution in [3.63, 3.8) is 0 Å². The van der Waals surface area contributed by atoms with Crippen LogP contribution in [0.3, 0.4) is 0 Å². The Balaban J connectivity index is 1.46. The third-order valence-electron chi connectivity index (χ3n) is 5.48. The van der Waals surface area contributed by atoms with E-state index in [-0.39, 0.29) is 24.0 Å². The summed E-state index contributed by atoms with van der Waals surface area (Å²) in [6.45, 7) is 0.541. The number of nitrogens with zero attached hydrogens (tertiary/aromatic N) is 3. The fourth-order valence-electron chi connectivity index (χ4n) is 3.73. The zero-order valence-corrected chi connectivity index (χ0v) is 19.2. The molecule has 0 saturated heterocycles. The van der Waals surface area contributed by atoms with Gasteiger partial charge in [-0.2, -0.15) is 0 Å². The van der Waals surface area contributed by atoms with E-state index in [9.17, 15) is 9.18 Å². The third kappa shape index (κ3) is 5.44. The Bertz CT molecular complexity index is 1450. The summed E-state index contributed by atoms with van der Waals surface area (Å²) in [5, 5.41) is 10.2. The lowest BCUT2D eigenvalue weighted by atomic mass is 10.0. The van der Waals surface area contributed by atoms with Gasteiger partial charge in [0.2, 0.25) is 17.7 Å². The Morgan fingerprint density at radius 2 is 1.56 bits per heavy atom. The highest BCUT2D eigenvalue weighted by atomic mass is 19.1. The van der Waals surface area contributed by atoms with Crippen LogP contribution in [0.4, 0.5) is 16.2 Å². The highest BCUT2D eigenvalue weighted by molar-refractivity contribution is 5.97. The summed E-state index contributed by atoms with van der Waals surface area (Å²) >= 11 is 0. The van der Waals surface area contributed by atoms with Crippen molar-refractivity contribution in [1.82, 2.24) is 15.1 Å². The number of nitrogens with one attached hydrogen (secondary N) is 2. The summed E-state index contributed by atoms with van der Waals surface area (Å²) in [6.07, 6.45) is 1.78.